The van der Waals surface area contributed by atoms with Crippen molar-refractivity contribution in [3.63, 3.8) is 0 Å². The number of sulfonamides is 1. The van der Waals surface area contributed by atoms with Gasteiger partial charge in [-0.1, -0.05) is 114 Å². The lowest BCUT2D eigenvalue weighted by Crippen LogP contribution is -2.53. The van der Waals surface area contributed by atoms with E-state index < -0.39 is 28.5 Å². The molecule has 7 nitrogen and oxygen atoms in total. The zero-order chi connectivity index (χ0) is 33.3. The zero-order valence-corrected chi connectivity index (χ0v) is 28.8. The summed E-state index contributed by atoms with van der Waals surface area (Å²) in [6.07, 6.45) is 1.79. The molecule has 0 bridgehead atoms. The fourth-order valence-electron chi connectivity index (χ4n) is 4.80. The highest BCUT2D eigenvalue weighted by molar-refractivity contribution is 7.92. The highest BCUT2D eigenvalue weighted by Gasteiger charge is 2.35. The lowest BCUT2D eigenvalue weighted by Gasteiger charge is -2.34. The first-order chi connectivity index (χ1) is 22.0. The molecule has 0 saturated carbocycles. The fourth-order valence-corrected chi connectivity index (χ4v) is 7.01. The molecule has 0 spiro atoms. The summed E-state index contributed by atoms with van der Waals surface area (Å²) < 4.78 is 29.1. The molecule has 2 amide bonds. The monoisotopic (exact) mass is 719 g/mol. The van der Waals surface area contributed by atoms with Crippen LogP contribution in [0.2, 0.25) is 20.1 Å². The van der Waals surface area contributed by atoms with Crippen LogP contribution < -0.4 is 9.62 Å². The number of hydrogen-bond donors (Lipinski definition) is 1. The number of unbranched alkanes of at least 4 members (excludes halogenated alkanes) is 1. The summed E-state index contributed by atoms with van der Waals surface area (Å²) in [7, 11) is -4.33. The van der Waals surface area contributed by atoms with Gasteiger partial charge in [-0.15, -0.1) is 0 Å². The minimum Gasteiger partial charge on any atom is -0.354 e. The predicted octanol–water partition coefficient (Wildman–Crippen LogP) is 8.05. The summed E-state index contributed by atoms with van der Waals surface area (Å²) in [5, 5.41) is 3.86. The van der Waals surface area contributed by atoms with Crippen LogP contribution in [0.4, 0.5) is 5.69 Å². The first kappa shape index (κ1) is 35.6. The number of carbonyl (C=O) groups excluding carboxylic acids is 2. The number of rotatable bonds is 14. The number of hydrogen-bond acceptors (Lipinski definition) is 4. The summed E-state index contributed by atoms with van der Waals surface area (Å²) in [5.41, 5.74) is 1.44. The normalized spacial score (nSPS) is 11.9. The predicted molar refractivity (Wildman–Crippen MR) is 186 cm³/mol. The maximum atomic E-state index is 14.5. The van der Waals surface area contributed by atoms with Gasteiger partial charge in [-0.25, -0.2) is 8.42 Å². The van der Waals surface area contributed by atoms with E-state index in [-0.39, 0.29) is 44.5 Å². The second-order valence-electron chi connectivity index (χ2n) is 10.5. The van der Waals surface area contributed by atoms with E-state index in [1.165, 1.54) is 35.2 Å². The third-order valence-corrected chi connectivity index (χ3v) is 10.3. The maximum Gasteiger partial charge on any atom is 0.264 e. The van der Waals surface area contributed by atoms with Crippen LogP contribution in [-0.4, -0.2) is 44.3 Å². The van der Waals surface area contributed by atoms with Gasteiger partial charge in [0.2, 0.25) is 11.8 Å². The third-order valence-electron chi connectivity index (χ3n) is 7.22. The van der Waals surface area contributed by atoms with Crippen molar-refractivity contribution >= 4 is 73.9 Å². The number of nitrogens with zero attached hydrogens (tertiary/aromatic N) is 2. The Morgan fingerprint density at radius 1 is 0.783 bits per heavy atom. The van der Waals surface area contributed by atoms with E-state index in [0.717, 1.165) is 22.7 Å². The highest BCUT2D eigenvalue weighted by Crippen LogP contribution is 2.33. The van der Waals surface area contributed by atoms with Crippen LogP contribution in [0, 0.1) is 0 Å². The standard InChI is InChI=1S/C34H33Cl4N3O4S/c1-2-3-18-39-34(43)32(20-24-10-6-4-7-11-24)40(22-25-14-16-28(36)30(38)19-25)33(42)23-41(31-21-26(35)15-17-29(31)37)46(44,45)27-12-8-5-9-13-27/h4-17,19,21,32H,2-3,18,20,22-23H2,1H3,(H,39,43)/t32-/m0/s1. The Bertz CT molecular complexity index is 1760. The van der Waals surface area contributed by atoms with E-state index in [1.54, 1.807) is 36.4 Å². The second kappa shape index (κ2) is 16.5. The van der Waals surface area contributed by atoms with Gasteiger partial charge in [-0.2, -0.15) is 0 Å². The van der Waals surface area contributed by atoms with Crippen LogP contribution in [-0.2, 0) is 32.6 Å². The molecule has 242 valence electrons. The van der Waals surface area contributed by atoms with Crippen LogP contribution in [0.25, 0.3) is 0 Å². The van der Waals surface area contributed by atoms with Crippen molar-refractivity contribution in [2.24, 2.45) is 0 Å². The van der Waals surface area contributed by atoms with Crippen molar-refractivity contribution in [2.45, 2.75) is 43.7 Å². The van der Waals surface area contributed by atoms with Gasteiger partial charge in [-0.05, 0) is 60.0 Å². The number of anilines is 1. The number of benzene rings is 4. The summed E-state index contributed by atoms with van der Waals surface area (Å²) in [4.78, 5) is 29.7. The van der Waals surface area contributed by atoms with Crippen molar-refractivity contribution in [3.05, 3.63) is 128 Å². The Balaban J connectivity index is 1.82. The summed E-state index contributed by atoms with van der Waals surface area (Å²) in [6.45, 7) is 1.70. The minimum atomic E-state index is -4.33. The van der Waals surface area contributed by atoms with E-state index in [4.69, 9.17) is 46.4 Å². The molecule has 0 aliphatic rings. The summed E-state index contributed by atoms with van der Waals surface area (Å²) in [5.74, 6) is -1.02. The Hall–Kier alpha value is -3.27. The largest absolute Gasteiger partial charge is 0.354 e. The van der Waals surface area contributed by atoms with Crippen molar-refractivity contribution < 1.29 is 18.0 Å². The Labute approximate surface area is 290 Å². The van der Waals surface area contributed by atoms with Gasteiger partial charge >= 0.3 is 0 Å². The molecule has 0 fully saturated rings. The molecule has 0 aliphatic heterocycles. The maximum absolute atomic E-state index is 14.5. The third kappa shape index (κ3) is 9.17. The van der Waals surface area contributed by atoms with E-state index in [2.05, 4.69) is 5.32 Å². The molecule has 4 rings (SSSR count). The zero-order valence-electron chi connectivity index (χ0n) is 25.0. The molecule has 0 heterocycles. The molecular weight excluding hydrogens is 688 g/mol. The van der Waals surface area contributed by atoms with Gasteiger partial charge in [0.15, 0.2) is 0 Å². The lowest BCUT2D eigenvalue weighted by molar-refractivity contribution is -0.140. The van der Waals surface area contributed by atoms with Crippen molar-refractivity contribution in [1.82, 2.24) is 10.2 Å². The Kier molecular flexibility index (Phi) is 12.8. The van der Waals surface area contributed by atoms with Crippen molar-refractivity contribution in [2.75, 3.05) is 17.4 Å². The van der Waals surface area contributed by atoms with E-state index in [1.807, 2.05) is 37.3 Å². The van der Waals surface area contributed by atoms with Crippen LogP contribution in [0.3, 0.4) is 0 Å². The molecule has 4 aromatic rings. The van der Waals surface area contributed by atoms with Crippen molar-refractivity contribution in [3.8, 4) is 0 Å². The average Bonchev–Trinajstić information content (AvgIpc) is 3.05. The first-order valence-electron chi connectivity index (χ1n) is 14.6. The molecule has 12 heteroatoms. The second-order valence-corrected chi connectivity index (χ2v) is 14.1. The van der Waals surface area contributed by atoms with Crippen LogP contribution >= 0.6 is 46.4 Å². The smallest absolute Gasteiger partial charge is 0.264 e. The molecule has 0 aliphatic carbocycles. The molecule has 0 saturated heterocycles. The molecule has 0 radical (unpaired) electrons. The minimum absolute atomic E-state index is 0.0212. The van der Waals surface area contributed by atoms with Gasteiger partial charge in [0.05, 0.1) is 25.7 Å². The summed E-state index contributed by atoms with van der Waals surface area (Å²) >= 11 is 25.3. The van der Waals surface area contributed by atoms with Crippen LogP contribution in [0.5, 0.6) is 0 Å². The van der Waals surface area contributed by atoms with Crippen LogP contribution in [0.15, 0.2) is 102 Å². The quantitative estimate of drug-likeness (QED) is 0.134. The highest BCUT2D eigenvalue weighted by atomic mass is 35.5. The molecule has 0 unspecified atom stereocenters. The van der Waals surface area contributed by atoms with E-state index >= 15 is 0 Å². The lowest BCUT2D eigenvalue weighted by atomic mass is 10.0. The van der Waals surface area contributed by atoms with Gasteiger partial charge in [0.25, 0.3) is 10.0 Å². The number of amides is 2. The van der Waals surface area contributed by atoms with Gasteiger partial charge in [0, 0.05) is 24.5 Å². The number of halogens is 4. The van der Waals surface area contributed by atoms with Gasteiger partial charge in [-0.3, -0.25) is 13.9 Å². The molecule has 1 atom stereocenters. The fraction of sp³-hybridized carbons (Fsp3) is 0.235. The van der Waals surface area contributed by atoms with Gasteiger partial charge in [0.1, 0.15) is 12.6 Å². The topological polar surface area (TPSA) is 86.8 Å². The number of carbonyl (C=O) groups is 2. The molecule has 0 aromatic heterocycles. The average molecular weight is 722 g/mol. The first-order valence-corrected chi connectivity index (χ1v) is 17.5. The SMILES string of the molecule is CCCCNC(=O)[C@H](Cc1ccccc1)N(Cc1ccc(Cl)c(Cl)c1)C(=O)CN(c1cc(Cl)ccc1Cl)S(=O)(=O)c1ccccc1. The van der Waals surface area contributed by atoms with E-state index in [0.29, 0.717) is 17.1 Å². The Morgan fingerprint density at radius 2 is 1.43 bits per heavy atom. The molecule has 4 aromatic carbocycles. The van der Waals surface area contributed by atoms with Crippen LogP contribution in [0.1, 0.15) is 30.9 Å². The van der Waals surface area contributed by atoms with Gasteiger partial charge < -0.3 is 10.2 Å². The summed E-state index contributed by atoms with van der Waals surface area (Å²) in [6, 6.07) is 25.3. The molecular formula is C34H33Cl4N3O4S. The molecule has 46 heavy (non-hydrogen) atoms. The number of nitrogens with one attached hydrogen (secondary N) is 1. The Morgan fingerprint density at radius 3 is 2.09 bits per heavy atom. The van der Waals surface area contributed by atoms with E-state index in [9.17, 15) is 18.0 Å². The van der Waals surface area contributed by atoms with Crippen molar-refractivity contribution in [1.29, 1.82) is 0 Å². The molecule has 1 N–H and O–H groups in total.